The number of nitrogens with zero attached hydrogens (tertiary/aromatic N) is 2. The molecule has 6 heteroatoms. The normalized spacial score (nSPS) is 11.5. The van der Waals surface area contributed by atoms with Crippen molar-refractivity contribution in [3.8, 4) is 23.1 Å². The number of ether oxygens (including phenoxy) is 1. The number of hydrogen-bond donors (Lipinski definition) is 0. The molecule has 3 aromatic rings. The molecular weight excluding hydrogens is 339 g/mol. The second-order valence-electron chi connectivity index (χ2n) is 5.21. The van der Waals surface area contributed by atoms with Crippen LogP contribution in [0.15, 0.2) is 60.0 Å². The van der Waals surface area contributed by atoms with Gasteiger partial charge in [0.15, 0.2) is 11.7 Å². The Morgan fingerprint density at radius 1 is 1.20 bits per heavy atom. The molecule has 0 saturated carbocycles. The molecule has 0 aliphatic carbocycles. The van der Waals surface area contributed by atoms with Crippen LogP contribution in [0.2, 0.25) is 0 Å². The Balaban J connectivity index is 1.69. The molecule has 1 unspecified atom stereocenters. The summed E-state index contributed by atoms with van der Waals surface area (Å²) in [4.78, 5) is 16.7. The maximum atomic E-state index is 12.9. The van der Waals surface area contributed by atoms with Crippen LogP contribution >= 0.6 is 11.3 Å². The molecule has 0 N–H and O–H groups in total. The molecule has 0 aliphatic rings. The van der Waals surface area contributed by atoms with Gasteiger partial charge in [0.1, 0.15) is 23.2 Å². The first kappa shape index (κ1) is 16.8. The monoisotopic (exact) mass is 352 g/mol. The Morgan fingerprint density at radius 3 is 2.60 bits per heavy atom. The number of Topliss-reactive ketones (excluding diaryl/α,β-unsaturated/α-hetero) is 1. The predicted octanol–water partition coefficient (Wildman–Crippen LogP) is 4.20. The number of benzene rings is 2. The zero-order chi connectivity index (χ0) is 17.6. The lowest BCUT2D eigenvalue weighted by atomic mass is 10.1. The van der Waals surface area contributed by atoms with E-state index in [9.17, 15) is 14.4 Å². The highest BCUT2D eigenvalue weighted by molar-refractivity contribution is 7.10. The SMILES string of the molecule is N#CC(C(=O)COc1ccc(F)cc1)c1nc(-c2ccccc2)cs1. The van der Waals surface area contributed by atoms with E-state index in [0.29, 0.717) is 10.8 Å². The van der Waals surface area contributed by atoms with Gasteiger partial charge in [0, 0.05) is 10.9 Å². The van der Waals surface area contributed by atoms with E-state index in [1.165, 1.54) is 35.6 Å². The molecule has 1 atom stereocenters. The molecule has 4 nitrogen and oxygen atoms in total. The van der Waals surface area contributed by atoms with E-state index in [2.05, 4.69) is 4.98 Å². The summed E-state index contributed by atoms with van der Waals surface area (Å²) in [6.45, 7) is -0.274. The number of thiazole rings is 1. The van der Waals surface area contributed by atoms with Crippen molar-refractivity contribution in [1.82, 2.24) is 4.98 Å². The van der Waals surface area contributed by atoms with E-state index in [-0.39, 0.29) is 18.2 Å². The second kappa shape index (κ2) is 7.69. The van der Waals surface area contributed by atoms with Crippen LogP contribution < -0.4 is 4.74 Å². The van der Waals surface area contributed by atoms with E-state index in [0.717, 1.165) is 11.3 Å². The van der Waals surface area contributed by atoms with Crippen LogP contribution in [0, 0.1) is 17.1 Å². The van der Waals surface area contributed by atoms with Gasteiger partial charge >= 0.3 is 0 Å². The van der Waals surface area contributed by atoms with E-state index in [1.807, 2.05) is 41.8 Å². The minimum Gasteiger partial charge on any atom is -0.486 e. The van der Waals surface area contributed by atoms with Gasteiger partial charge in [-0.1, -0.05) is 30.3 Å². The molecule has 0 radical (unpaired) electrons. The number of halogens is 1. The highest BCUT2D eigenvalue weighted by Gasteiger charge is 2.24. The quantitative estimate of drug-likeness (QED) is 0.667. The van der Waals surface area contributed by atoms with Crippen LogP contribution in [-0.4, -0.2) is 17.4 Å². The average molecular weight is 352 g/mol. The van der Waals surface area contributed by atoms with Crippen molar-refractivity contribution in [3.05, 3.63) is 70.8 Å². The third-order valence-electron chi connectivity index (χ3n) is 3.48. The lowest BCUT2D eigenvalue weighted by Gasteiger charge is -2.07. The van der Waals surface area contributed by atoms with Crippen LogP contribution in [0.5, 0.6) is 5.75 Å². The standard InChI is InChI=1S/C19H13FN2O2S/c20-14-6-8-15(9-7-14)24-11-18(23)16(10-21)19-22-17(12-25-19)13-4-2-1-3-5-13/h1-9,12,16H,11H2. The highest BCUT2D eigenvalue weighted by Crippen LogP contribution is 2.27. The average Bonchev–Trinajstić information content (AvgIpc) is 3.12. The largest absolute Gasteiger partial charge is 0.486 e. The molecule has 3 rings (SSSR count). The van der Waals surface area contributed by atoms with Crippen molar-refractivity contribution in [3.63, 3.8) is 0 Å². The zero-order valence-corrected chi connectivity index (χ0v) is 13.9. The van der Waals surface area contributed by atoms with Crippen molar-refractivity contribution in [2.24, 2.45) is 0 Å². The fraction of sp³-hybridized carbons (Fsp3) is 0.105. The lowest BCUT2D eigenvalue weighted by Crippen LogP contribution is -2.19. The Morgan fingerprint density at radius 2 is 1.92 bits per heavy atom. The van der Waals surface area contributed by atoms with Crippen LogP contribution in [0.3, 0.4) is 0 Å². The molecule has 0 aliphatic heterocycles. The summed E-state index contributed by atoms with van der Waals surface area (Å²) in [7, 11) is 0. The van der Waals surface area contributed by atoms with Gasteiger partial charge in [-0.3, -0.25) is 4.79 Å². The molecule has 1 heterocycles. The third kappa shape index (κ3) is 4.08. The summed E-state index contributed by atoms with van der Waals surface area (Å²) in [5.74, 6) is -1.39. The molecule has 0 spiro atoms. The van der Waals surface area contributed by atoms with Gasteiger partial charge in [0.2, 0.25) is 0 Å². The Labute approximate surface area is 148 Å². The maximum absolute atomic E-state index is 12.9. The fourth-order valence-electron chi connectivity index (χ4n) is 2.20. The topological polar surface area (TPSA) is 63.0 Å². The Kier molecular flexibility index (Phi) is 5.17. The van der Waals surface area contributed by atoms with Crippen molar-refractivity contribution in [2.75, 3.05) is 6.61 Å². The van der Waals surface area contributed by atoms with Crippen molar-refractivity contribution < 1.29 is 13.9 Å². The predicted molar refractivity (Wildman–Crippen MR) is 92.8 cm³/mol. The van der Waals surface area contributed by atoms with Crippen molar-refractivity contribution in [1.29, 1.82) is 5.26 Å². The van der Waals surface area contributed by atoms with Gasteiger partial charge in [-0.05, 0) is 24.3 Å². The summed E-state index contributed by atoms with van der Waals surface area (Å²) in [5, 5.41) is 11.6. The Bertz CT molecular complexity index is 901. The third-order valence-corrected chi connectivity index (χ3v) is 4.39. The first-order valence-electron chi connectivity index (χ1n) is 7.49. The molecule has 2 aromatic carbocycles. The Hall–Kier alpha value is -3.04. The van der Waals surface area contributed by atoms with Crippen LogP contribution in [-0.2, 0) is 4.79 Å². The summed E-state index contributed by atoms with van der Waals surface area (Å²) < 4.78 is 18.2. The number of aromatic nitrogens is 1. The fourth-order valence-corrected chi connectivity index (χ4v) is 3.09. The summed E-state index contributed by atoms with van der Waals surface area (Å²) in [6, 6.07) is 16.9. The molecule has 0 bridgehead atoms. The van der Waals surface area contributed by atoms with Crippen LogP contribution in [0.1, 0.15) is 10.9 Å². The van der Waals surface area contributed by atoms with Gasteiger partial charge in [-0.2, -0.15) is 5.26 Å². The minimum absolute atomic E-state index is 0.274. The first-order chi connectivity index (χ1) is 12.2. The number of rotatable bonds is 6. The smallest absolute Gasteiger partial charge is 0.194 e. The lowest BCUT2D eigenvalue weighted by molar-refractivity contribution is -0.121. The van der Waals surface area contributed by atoms with E-state index in [1.54, 1.807) is 0 Å². The van der Waals surface area contributed by atoms with Gasteiger partial charge in [0.25, 0.3) is 0 Å². The molecule has 0 saturated heterocycles. The number of ketones is 1. The van der Waals surface area contributed by atoms with Gasteiger partial charge in [0.05, 0.1) is 11.8 Å². The van der Waals surface area contributed by atoms with Crippen molar-refractivity contribution >= 4 is 17.1 Å². The highest BCUT2D eigenvalue weighted by atomic mass is 32.1. The van der Waals surface area contributed by atoms with Gasteiger partial charge in [-0.15, -0.1) is 11.3 Å². The van der Waals surface area contributed by atoms with E-state index < -0.39 is 5.92 Å². The maximum Gasteiger partial charge on any atom is 0.194 e. The zero-order valence-electron chi connectivity index (χ0n) is 13.1. The van der Waals surface area contributed by atoms with E-state index in [4.69, 9.17) is 4.74 Å². The molecule has 0 amide bonds. The number of carbonyl (C=O) groups is 1. The summed E-state index contributed by atoms with van der Waals surface area (Å²) in [6.07, 6.45) is 0. The van der Waals surface area contributed by atoms with Gasteiger partial charge in [-0.25, -0.2) is 9.37 Å². The minimum atomic E-state index is -0.983. The van der Waals surface area contributed by atoms with Crippen LogP contribution in [0.25, 0.3) is 11.3 Å². The van der Waals surface area contributed by atoms with Crippen molar-refractivity contribution in [2.45, 2.75) is 5.92 Å². The second-order valence-corrected chi connectivity index (χ2v) is 6.10. The molecule has 1 aromatic heterocycles. The number of carbonyl (C=O) groups excluding carboxylic acids is 1. The number of nitriles is 1. The first-order valence-corrected chi connectivity index (χ1v) is 8.37. The molecule has 0 fully saturated rings. The van der Waals surface area contributed by atoms with Gasteiger partial charge < -0.3 is 4.74 Å². The summed E-state index contributed by atoms with van der Waals surface area (Å²) in [5.41, 5.74) is 1.66. The molecule has 124 valence electrons. The summed E-state index contributed by atoms with van der Waals surface area (Å²) >= 11 is 1.27. The number of hydrogen-bond acceptors (Lipinski definition) is 5. The molecular formula is C19H13FN2O2S. The van der Waals surface area contributed by atoms with E-state index >= 15 is 0 Å². The van der Waals surface area contributed by atoms with Crippen LogP contribution in [0.4, 0.5) is 4.39 Å². The molecule has 25 heavy (non-hydrogen) atoms.